The summed E-state index contributed by atoms with van der Waals surface area (Å²) in [5.74, 6) is -0.274. The normalized spacial score (nSPS) is 11.7. The van der Waals surface area contributed by atoms with Crippen molar-refractivity contribution in [2.75, 3.05) is 4.90 Å². The number of halogens is 1. The molecule has 0 aliphatic heterocycles. The van der Waals surface area contributed by atoms with Gasteiger partial charge in [-0.3, -0.25) is 9.97 Å². The van der Waals surface area contributed by atoms with Gasteiger partial charge < -0.3 is 4.90 Å². The van der Waals surface area contributed by atoms with E-state index in [0.29, 0.717) is 0 Å². The number of nitrogens with zero attached hydrogens (tertiary/aromatic N) is 3. The smallest absolute Gasteiger partial charge is 0.123 e. The number of hydrogen-bond donors (Lipinski definition) is 0. The van der Waals surface area contributed by atoms with Gasteiger partial charge in [-0.15, -0.1) is 0 Å². The van der Waals surface area contributed by atoms with Crippen LogP contribution in [0.5, 0.6) is 0 Å². The standard InChI is InChI=1S/C46H28FN3/c47-36-14-16-37(17-15-36)50(38-18-20-42-43(28-38)49-23-22-48-42)44-21-19-39(40-8-4-5-9-41(40)44)35-26-32-12-10-30-24-34(29-6-2-1-3-7-29)25-31-11-13-33(27-35)46(32)45(30)31/h1-28H. The molecule has 0 unspecified atom stereocenters. The predicted octanol–water partition coefficient (Wildman–Crippen LogP) is 12.6. The molecule has 0 radical (unpaired) electrons. The first-order valence-electron chi connectivity index (χ1n) is 16.7. The third-order valence-corrected chi connectivity index (χ3v) is 9.89. The van der Waals surface area contributed by atoms with Gasteiger partial charge in [-0.05, 0) is 133 Å². The number of aromatic nitrogens is 2. The summed E-state index contributed by atoms with van der Waals surface area (Å²) in [5.41, 5.74) is 9.16. The highest BCUT2D eigenvalue weighted by atomic mass is 19.1. The SMILES string of the molecule is Fc1ccc(N(c2ccc3nccnc3c2)c2ccc(-c3cc4ccc5cc(-c6ccccc6)cc6ccc(c3)c4c56)c3ccccc23)cc1. The second kappa shape index (κ2) is 11.2. The van der Waals surface area contributed by atoms with Crippen molar-refractivity contribution in [2.45, 2.75) is 0 Å². The second-order valence-electron chi connectivity index (χ2n) is 12.8. The molecular formula is C46H28FN3. The van der Waals surface area contributed by atoms with Gasteiger partial charge in [0.1, 0.15) is 5.82 Å². The average Bonchev–Trinajstić information content (AvgIpc) is 3.18. The lowest BCUT2D eigenvalue weighted by atomic mass is 9.88. The van der Waals surface area contributed by atoms with Crippen LogP contribution in [0.4, 0.5) is 21.5 Å². The zero-order valence-electron chi connectivity index (χ0n) is 26.9. The maximum absolute atomic E-state index is 14.2. The number of fused-ring (bicyclic) bond motifs is 2. The van der Waals surface area contributed by atoms with Gasteiger partial charge >= 0.3 is 0 Å². The summed E-state index contributed by atoms with van der Waals surface area (Å²) in [6, 6.07) is 54.6. The number of anilines is 3. The summed E-state index contributed by atoms with van der Waals surface area (Å²) in [7, 11) is 0. The Morgan fingerprint density at radius 1 is 0.420 bits per heavy atom. The minimum Gasteiger partial charge on any atom is -0.310 e. The van der Waals surface area contributed by atoms with Crippen molar-refractivity contribution in [2.24, 2.45) is 0 Å². The summed E-state index contributed by atoms with van der Waals surface area (Å²) in [6.45, 7) is 0. The van der Waals surface area contributed by atoms with Gasteiger partial charge in [-0.1, -0.05) is 84.9 Å². The zero-order chi connectivity index (χ0) is 33.2. The van der Waals surface area contributed by atoms with Gasteiger partial charge in [-0.2, -0.15) is 0 Å². The molecule has 10 rings (SSSR count). The Balaban J connectivity index is 1.15. The zero-order valence-corrected chi connectivity index (χ0v) is 26.9. The highest BCUT2D eigenvalue weighted by Crippen LogP contribution is 2.44. The number of hydrogen-bond acceptors (Lipinski definition) is 3. The molecule has 0 fully saturated rings. The van der Waals surface area contributed by atoms with Crippen LogP contribution in [0.2, 0.25) is 0 Å². The molecule has 0 saturated carbocycles. The van der Waals surface area contributed by atoms with Crippen molar-refractivity contribution in [3.8, 4) is 22.3 Å². The third-order valence-electron chi connectivity index (χ3n) is 9.89. The van der Waals surface area contributed by atoms with E-state index in [2.05, 4.69) is 130 Å². The summed E-state index contributed by atoms with van der Waals surface area (Å²) in [4.78, 5) is 11.2. The topological polar surface area (TPSA) is 29.0 Å². The van der Waals surface area contributed by atoms with Crippen molar-refractivity contribution in [3.05, 3.63) is 176 Å². The lowest BCUT2D eigenvalue weighted by molar-refractivity contribution is 0.628. The van der Waals surface area contributed by atoms with Crippen molar-refractivity contribution < 1.29 is 4.39 Å². The Hall–Kier alpha value is -6.65. The van der Waals surface area contributed by atoms with Crippen molar-refractivity contribution >= 4 is 71.2 Å². The molecule has 0 amide bonds. The Labute approximate surface area is 287 Å². The van der Waals surface area contributed by atoms with Gasteiger partial charge in [0.05, 0.1) is 16.7 Å². The molecule has 0 spiro atoms. The fraction of sp³-hybridized carbons (Fsp3) is 0. The van der Waals surface area contributed by atoms with Gasteiger partial charge in [0.2, 0.25) is 0 Å². The highest BCUT2D eigenvalue weighted by molar-refractivity contribution is 6.25. The molecule has 4 heteroatoms. The van der Waals surface area contributed by atoms with Crippen LogP contribution in [0, 0.1) is 5.82 Å². The second-order valence-corrected chi connectivity index (χ2v) is 12.8. The third kappa shape index (κ3) is 4.57. The van der Waals surface area contributed by atoms with Crippen LogP contribution in [0.3, 0.4) is 0 Å². The number of benzene rings is 9. The minimum absolute atomic E-state index is 0.274. The van der Waals surface area contributed by atoms with E-state index in [0.717, 1.165) is 50.0 Å². The van der Waals surface area contributed by atoms with Crippen LogP contribution in [0.25, 0.3) is 76.4 Å². The molecular weight excluding hydrogens is 614 g/mol. The molecule has 1 aromatic heterocycles. The van der Waals surface area contributed by atoms with Crippen LogP contribution in [-0.2, 0) is 0 Å². The highest BCUT2D eigenvalue weighted by Gasteiger charge is 2.19. The van der Waals surface area contributed by atoms with E-state index >= 15 is 0 Å². The van der Waals surface area contributed by atoms with Gasteiger partial charge in [0.25, 0.3) is 0 Å². The summed E-state index contributed by atoms with van der Waals surface area (Å²) in [6.07, 6.45) is 3.40. The maximum Gasteiger partial charge on any atom is 0.123 e. The van der Waals surface area contributed by atoms with Crippen molar-refractivity contribution in [1.29, 1.82) is 0 Å². The molecule has 3 nitrogen and oxygen atoms in total. The first-order chi connectivity index (χ1) is 24.7. The number of rotatable bonds is 5. The van der Waals surface area contributed by atoms with Crippen molar-refractivity contribution in [1.82, 2.24) is 9.97 Å². The van der Waals surface area contributed by atoms with E-state index in [-0.39, 0.29) is 5.82 Å². The van der Waals surface area contributed by atoms with E-state index < -0.39 is 0 Å². The van der Waals surface area contributed by atoms with E-state index in [4.69, 9.17) is 0 Å². The molecule has 50 heavy (non-hydrogen) atoms. The van der Waals surface area contributed by atoms with Gasteiger partial charge in [0, 0.05) is 29.2 Å². The van der Waals surface area contributed by atoms with Crippen LogP contribution in [0.1, 0.15) is 0 Å². The Kier molecular flexibility index (Phi) is 6.36. The predicted molar refractivity (Wildman–Crippen MR) is 206 cm³/mol. The van der Waals surface area contributed by atoms with E-state index in [9.17, 15) is 4.39 Å². The molecule has 1 heterocycles. The van der Waals surface area contributed by atoms with Crippen LogP contribution in [0.15, 0.2) is 170 Å². The maximum atomic E-state index is 14.2. The Bertz CT molecular complexity index is 2820. The molecule has 0 aliphatic carbocycles. The quantitative estimate of drug-likeness (QED) is 0.175. The molecule has 0 bridgehead atoms. The van der Waals surface area contributed by atoms with Crippen molar-refractivity contribution in [3.63, 3.8) is 0 Å². The lowest BCUT2D eigenvalue weighted by Crippen LogP contribution is -2.11. The Morgan fingerprint density at radius 2 is 1.00 bits per heavy atom. The monoisotopic (exact) mass is 641 g/mol. The lowest BCUT2D eigenvalue weighted by Gasteiger charge is -2.27. The van der Waals surface area contributed by atoms with Crippen LogP contribution in [-0.4, -0.2) is 9.97 Å². The summed E-state index contributed by atoms with van der Waals surface area (Å²) < 4.78 is 14.2. The molecule has 10 aromatic rings. The Morgan fingerprint density at radius 3 is 1.68 bits per heavy atom. The largest absolute Gasteiger partial charge is 0.310 e. The fourth-order valence-electron chi connectivity index (χ4n) is 7.63. The molecule has 0 N–H and O–H groups in total. The molecule has 9 aromatic carbocycles. The summed E-state index contributed by atoms with van der Waals surface area (Å²) >= 11 is 0. The first-order valence-corrected chi connectivity index (χ1v) is 16.7. The summed E-state index contributed by atoms with van der Waals surface area (Å²) in [5, 5.41) is 9.78. The van der Waals surface area contributed by atoms with Crippen LogP contribution >= 0.6 is 0 Å². The van der Waals surface area contributed by atoms with Gasteiger partial charge in [-0.25, -0.2) is 4.39 Å². The fourth-order valence-corrected chi connectivity index (χ4v) is 7.63. The molecule has 0 saturated heterocycles. The first kappa shape index (κ1) is 28.4. The van der Waals surface area contributed by atoms with E-state index in [1.807, 2.05) is 30.3 Å². The van der Waals surface area contributed by atoms with Crippen LogP contribution < -0.4 is 4.90 Å². The van der Waals surface area contributed by atoms with Gasteiger partial charge in [0.15, 0.2) is 0 Å². The van der Waals surface area contributed by atoms with E-state index in [1.165, 1.54) is 55.6 Å². The minimum atomic E-state index is -0.274. The molecule has 0 aliphatic rings. The van der Waals surface area contributed by atoms with E-state index in [1.54, 1.807) is 12.4 Å². The molecule has 0 atom stereocenters. The molecule has 234 valence electrons. The average molecular weight is 642 g/mol.